The van der Waals surface area contributed by atoms with E-state index in [0.29, 0.717) is 26.3 Å². The van der Waals surface area contributed by atoms with Crippen molar-refractivity contribution in [3.8, 4) is 0 Å². The largest absolute Gasteiger partial charge is 0.478 e. The fourth-order valence-corrected chi connectivity index (χ4v) is 4.75. The molecule has 6 nitrogen and oxygen atoms in total. The summed E-state index contributed by atoms with van der Waals surface area (Å²) in [7, 11) is -3.73. The molecule has 21 heavy (non-hydrogen) atoms. The van der Waals surface area contributed by atoms with Crippen LogP contribution in [0.15, 0.2) is 23.1 Å². The predicted molar refractivity (Wildman–Crippen MR) is 75.0 cm³/mol. The van der Waals surface area contributed by atoms with Crippen LogP contribution in [0.3, 0.4) is 0 Å². The maximum atomic E-state index is 12.6. The molecule has 0 spiro atoms. The van der Waals surface area contributed by atoms with Crippen molar-refractivity contribution in [2.75, 3.05) is 26.3 Å². The van der Waals surface area contributed by atoms with Crippen LogP contribution in [0.2, 0.25) is 5.02 Å². The number of hydrogen-bond acceptors (Lipinski definition) is 4. The molecular formula is C13H14ClNO5S. The van der Waals surface area contributed by atoms with Crippen molar-refractivity contribution in [1.29, 1.82) is 0 Å². The Morgan fingerprint density at radius 3 is 2.43 bits per heavy atom. The SMILES string of the molecule is O=C(O)c1cc(Cl)cc(S(=O)(=O)N2C[C@H]3COC[C@H]3C2)c1. The molecule has 2 saturated heterocycles. The van der Waals surface area contributed by atoms with Crippen LogP contribution >= 0.6 is 11.6 Å². The van der Waals surface area contributed by atoms with E-state index >= 15 is 0 Å². The van der Waals surface area contributed by atoms with Crippen molar-refractivity contribution in [2.24, 2.45) is 11.8 Å². The van der Waals surface area contributed by atoms with Gasteiger partial charge in [-0.15, -0.1) is 0 Å². The molecule has 2 heterocycles. The van der Waals surface area contributed by atoms with Crippen molar-refractivity contribution in [3.05, 3.63) is 28.8 Å². The van der Waals surface area contributed by atoms with E-state index in [1.807, 2.05) is 0 Å². The van der Waals surface area contributed by atoms with Crippen LogP contribution in [0.1, 0.15) is 10.4 Å². The molecule has 1 aromatic rings. The molecule has 2 fully saturated rings. The zero-order valence-electron chi connectivity index (χ0n) is 11.0. The quantitative estimate of drug-likeness (QED) is 0.902. The van der Waals surface area contributed by atoms with Gasteiger partial charge in [0, 0.05) is 29.9 Å². The zero-order chi connectivity index (χ0) is 15.2. The topological polar surface area (TPSA) is 83.9 Å². The number of carboxylic acids is 1. The lowest BCUT2D eigenvalue weighted by molar-refractivity contribution is 0.0696. The number of rotatable bonds is 3. The van der Waals surface area contributed by atoms with E-state index < -0.39 is 16.0 Å². The van der Waals surface area contributed by atoms with Gasteiger partial charge in [-0.2, -0.15) is 4.31 Å². The third-order valence-electron chi connectivity index (χ3n) is 3.96. The van der Waals surface area contributed by atoms with E-state index in [0.717, 1.165) is 6.07 Å². The highest BCUT2D eigenvalue weighted by Crippen LogP contribution is 2.33. The maximum Gasteiger partial charge on any atom is 0.335 e. The monoisotopic (exact) mass is 331 g/mol. The highest BCUT2D eigenvalue weighted by molar-refractivity contribution is 7.89. The minimum Gasteiger partial charge on any atom is -0.478 e. The average Bonchev–Trinajstić information content (AvgIpc) is 2.98. The summed E-state index contributed by atoms with van der Waals surface area (Å²) in [6, 6.07) is 3.66. The molecule has 0 unspecified atom stereocenters. The minimum atomic E-state index is -3.73. The van der Waals surface area contributed by atoms with Crippen LogP contribution in [0.4, 0.5) is 0 Å². The second-order valence-corrected chi connectivity index (χ2v) is 7.73. The van der Waals surface area contributed by atoms with Crippen LogP contribution in [-0.4, -0.2) is 50.1 Å². The maximum absolute atomic E-state index is 12.6. The highest BCUT2D eigenvalue weighted by Gasteiger charge is 2.42. The Kier molecular flexibility index (Phi) is 3.69. The molecule has 2 aliphatic heterocycles. The summed E-state index contributed by atoms with van der Waals surface area (Å²) in [4.78, 5) is 11.0. The third kappa shape index (κ3) is 2.66. The van der Waals surface area contributed by atoms with Gasteiger partial charge in [0.1, 0.15) is 0 Å². The van der Waals surface area contributed by atoms with Gasteiger partial charge in [-0.05, 0) is 18.2 Å². The van der Waals surface area contributed by atoms with Gasteiger partial charge in [-0.3, -0.25) is 0 Å². The summed E-state index contributed by atoms with van der Waals surface area (Å²) in [5.41, 5.74) is -0.135. The predicted octanol–water partition coefficient (Wildman–Crippen LogP) is 1.31. The standard InChI is InChI=1S/C13H14ClNO5S/c14-11-1-8(13(16)17)2-12(3-11)21(18,19)15-4-9-6-20-7-10(9)5-15/h1-3,9-10H,4-7H2,(H,16,17)/t9-,10+. The lowest BCUT2D eigenvalue weighted by atomic mass is 10.0. The molecule has 0 saturated carbocycles. The number of sulfonamides is 1. The smallest absolute Gasteiger partial charge is 0.335 e. The van der Waals surface area contributed by atoms with Gasteiger partial charge in [0.15, 0.2) is 0 Å². The number of benzene rings is 1. The molecule has 0 bridgehead atoms. The highest BCUT2D eigenvalue weighted by atomic mass is 35.5. The summed E-state index contributed by atoms with van der Waals surface area (Å²) in [5.74, 6) is -0.767. The lowest BCUT2D eigenvalue weighted by Gasteiger charge is -2.17. The van der Waals surface area contributed by atoms with E-state index in [1.165, 1.54) is 16.4 Å². The number of ether oxygens (including phenoxy) is 1. The number of fused-ring (bicyclic) bond motifs is 1. The molecule has 0 amide bonds. The summed E-state index contributed by atoms with van der Waals surface area (Å²) < 4.78 is 32.0. The Morgan fingerprint density at radius 2 is 1.86 bits per heavy atom. The fourth-order valence-electron chi connectivity index (χ4n) is 2.82. The molecule has 1 aromatic carbocycles. The van der Waals surface area contributed by atoms with E-state index in [9.17, 15) is 13.2 Å². The molecule has 1 N–H and O–H groups in total. The van der Waals surface area contributed by atoms with Crippen LogP contribution in [0.25, 0.3) is 0 Å². The zero-order valence-corrected chi connectivity index (χ0v) is 12.6. The van der Waals surface area contributed by atoms with Crippen molar-refractivity contribution in [1.82, 2.24) is 4.31 Å². The number of halogens is 1. The number of carboxylic acid groups (broad SMARTS) is 1. The summed E-state index contributed by atoms with van der Waals surface area (Å²) in [6.45, 7) is 1.96. The van der Waals surface area contributed by atoms with Gasteiger partial charge in [0.05, 0.1) is 23.7 Å². The minimum absolute atomic E-state index is 0.0757. The first-order chi connectivity index (χ1) is 9.88. The third-order valence-corrected chi connectivity index (χ3v) is 5.99. The van der Waals surface area contributed by atoms with Gasteiger partial charge < -0.3 is 9.84 Å². The molecule has 0 aromatic heterocycles. The van der Waals surface area contributed by atoms with E-state index in [1.54, 1.807) is 0 Å². The Morgan fingerprint density at radius 1 is 1.24 bits per heavy atom. The van der Waals surface area contributed by atoms with Gasteiger partial charge in [-0.1, -0.05) is 11.6 Å². The van der Waals surface area contributed by atoms with Crippen LogP contribution in [0, 0.1) is 11.8 Å². The van der Waals surface area contributed by atoms with Crippen LogP contribution in [0.5, 0.6) is 0 Å². The number of nitrogens with zero attached hydrogens (tertiary/aromatic N) is 1. The summed E-state index contributed by atoms with van der Waals surface area (Å²) in [6.07, 6.45) is 0. The molecule has 114 valence electrons. The van der Waals surface area contributed by atoms with Crippen LogP contribution in [-0.2, 0) is 14.8 Å². The first kappa shape index (κ1) is 14.8. The van der Waals surface area contributed by atoms with Crippen molar-refractivity contribution < 1.29 is 23.1 Å². The second kappa shape index (κ2) is 5.24. The van der Waals surface area contributed by atoms with Gasteiger partial charge in [0.25, 0.3) is 0 Å². The van der Waals surface area contributed by atoms with Crippen molar-refractivity contribution in [2.45, 2.75) is 4.90 Å². The van der Waals surface area contributed by atoms with E-state index in [2.05, 4.69) is 0 Å². The summed E-state index contributed by atoms with van der Waals surface area (Å²) >= 11 is 5.84. The van der Waals surface area contributed by atoms with Gasteiger partial charge in [0.2, 0.25) is 10.0 Å². The molecular weight excluding hydrogens is 318 g/mol. The number of hydrogen-bond donors (Lipinski definition) is 1. The molecule has 3 rings (SSSR count). The van der Waals surface area contributed by atoms with E-state index in [4.69, 9.17) is 21.4 Å². The number of carbonyl (C=O) groups is 1. The second-order valence-electron chi connectivity index (χ2n) is 5.36. The Hall–Kier alpha value is -1.15. The van der Waals surface area contributed by atoms with Crippen molar-refractivity contribution >= 4 is 27.6 Å². The van der Waals surface area contributed by atoms with Crippen molar-refractivity contribution in [3.63, 3.8) is 0 Å². The molecule has 2 aliphatic rings. The normalized spacial score (nSPS) is 26.0. The molecule has 2 atom stereocenters. The Labute approximate surface area is 127 Å². The lowest BCUT2D eigenvalue weighted by Crippen LogP contribution is -2.30. The molecule has 0 aliphatic carbocycles. The Balaban J connectivity index is 1.93. The molecule has 8 heteroatoms. The molecule has 0 radical (unpaired) electrons. The summed E-state index contributed by atoms with van der Waals surface area (Å²) in [5, 5.41) is 9.11. The fraction of sp³-hybridized carbons (Fsp3) is 0.462. The van der Waals surface area contributed by atoms with Crippen LogP contribution < -0.4 is 0 Å². The Bertz CT molecular complexity index is 678. The average molecular weight is 332 g/mol. The number of aromatic carboxylic acids is 1. The first-order valence-electron chi connectivity index (χ1n) is 6.49. The van der Waals surface area contributed by atoms with E-state index in [-0.39, 0.29) is 27.3 Å². The van der Waals surface area contributed by atoms with Gasteiger partial charge in [-0.25, -0.2) is 13.2 Å². The van der Waals surface area contributed by atoms with Gasteiger partial charge >= 0.3 is 5.97 Å². The first-order valence-corrected chi connectivity index (χ1v) is 8.31.